The summed E-state index contributed by atoms with van der Waals surface area (Å²) in [5, 5.41) is 3.75. The van der Waals surface area contributed by atoms with Crippen LogP contribution in [0.5, 0.6) is 0 Å². The third-order valence-corrected chi connectivity index (χ3v) is 2.48. The minimum atomic E-state index is -0.547. The number of amides is 1. The quantitative estimate of drug-likeness (QED) is 0.906. The van der Waals surface area contributed by atoms with Gasteiger partial charge in [-0.3, -0.25) is 4.79 Å². The highest BCUT2D eigenvalue weighted by Gasteiger charge is 2.14. The second-order valence-electron chi connectivity index (χ2n) is 2.95. The summed E-state index contributed by atoms with van der Waals surface area (Å²) in [6, 6.07) is 7.37. The van der Waals surface area contributed by atoms with Gasteiger partial charge < -0.3 is 10.3 Å². The van der Waals surface area contributed by atoms with Crippen molar-refractivity contribution in [1.29, 1.82) is 0 Å². The zero-order valence-corrected chi connectivity index (χ0v) is 9.19. The molecule has 2 N–H and O–H groups in total. The minimum Gasteiger partial charge on any atom is -0.365 e. The number of primary amides is 1. The van der Waals surface area contributed by atoms with Gasteiger partial charge in [0.2, 0.25) is 0 Å². The van der Waals surface area contributed by atoms with Crippen molar-refractivity contribution < 1.29 is 9.32 Å². The summed E-state index contributed by atoms with van der Waals surface area (Å²) >= 11 is 3.32. The van der Waals surface area contributed by atoms with Gasteiger partial charge in [-0.1, -0.05) is 33.2 Å². The van der Waals surface area contributed by atoms with Crippen LogP contribution in [0.1, 0.15) is 10.4 Å². The van der Waals surface area contributed by atoms with E-state index in [1.165, 1.54) is 6.26 Å². The van der Waals surface area contributed by atoms with Crippen LogP contribution in [-0.4, -0.2) is 11.1 Å². The zero-order valence-electron chi connectivity index (χ0n) is 7.61. The van der Waals surface area contributed by atoms with Gasteiger partial charge in [0.15, 0.2) is 0 Å². The van der Waals surface area contributed by atoms with Crippen molar-refractivity contribution in [3.63, 3.8) is 0 Å². The van der Waals surface area contributed by atoms with Gasteiger partial charge in [0.25, 0.3) is 5.91 Å². The smallest absolute Gasteiger partial charge is 0.254 e. The Morgan fingerprint density at radius 3 is 2.60 bits per heavy atom. The Labute approximate surface area is 94.2 Å². The lowest BCUT2D eigenvalue weighted by Crippen LogP contribution is -2.10. The molecular formula is C10H7BrN2O2. The molecule has 15 heavy (non-hydrogen) atoms. The highest BCUT2D eigenvalue weighted by molar-refractivity contribution is 9.10. The molecule has 5 heteroatoms. The summed E-state index contributed by atoms with van der Waals surface area (Å²) in [4.78, 5) is 11.0. The first-order valence-corrected chi connectivity index (χ1v) is 4.98. The molecule has 1 amide bonds. The van der Waals surface area contributed by atoms with Gasteiger partial charge in [-0.2, -0.15) is 0 Å². The number of hydrogen-bond donors (Lipinski definition) is 1. The molecule has 4 nitrogen and oxygen atoms in total. The average Bonchev–Trinajstić information content (AvgIpc) is 2.67. The molecule has 0 aliphatic rings. The van der Waals surface area contributed by atoms with Crippen molar-refractivity contribution in [3.8, 4) is 11.3 Å². The van der Waals surface area contributed by atoms with E-state index in [4.69, 9.17) is 10.3 Å². The van der Waals surface area contributed by atoms with E-state index in [0.717, 1.165) is 10.0 Å². The summed E-state index contributed by atoms with van der Waals surface area (Å²) in [7, 11) is 0. The first-order valence-electron chi connectivity index (χ1n) is 4.18. The maximum absolute atomic E-state index is 11.0. The van der Waals surface area contributed by atoms with Gasteiger partial charge in [0.05, 0.1) is 0 Å². The van der Waals surface area contributed by atoms with Crippen molar-refractivity contribution in [1.82, 2.24) is 5.16 Å². The number of carbonyl (C=O) groups is 1. The fourth-order valence-corrected chi connectivity index (χ4v) is 1.49. The highest BCUT2D eigenvalue weighted by Crippen LogP contribution is 2.23. The number of aromatic nitrogens is 1. The molecule has 0 fully saturated rings. The van der Waals surface area contributed by atoms with Crippen LogP contribution in [0.15, 0.2) is 39.5 Å². The van der Waals surface area contributed by atoms with Gasteiger partial charge in [-0.25, -0.2) is 0 Å². The highest BCUT2D eigenvalue weighted by atomic mass is 79.9. The lowest BCUT2D eigenvalue weighted by atomic mass is 10.1. The summed E-state index contributed by atoms with van der Waals surface area (Å²) in [6.45, 7) is 0. The van der Waals surface area contributed by atoms with E-state index in [1.54, 1.807) is 0 Å². The normalized spacial score (nSPS) is 10.2. The van der Waals surface area contributed by atoms with Crippen LogP contribution in [0.3, 0.4) is 0 Å². The summed E-state index contributed by atoms with van der Waals surface area (Å²) < 4.78 is 5.68. The lowest BCUT2D eigenvalue weighted by Gasteiger charge is -1.97. The van der Waals surface area contributed by atoms with Crippen molar-refractivity contribution in [2.24, 2.45) is 5.73 Å². The van der Waals surface area contributed by atoms with Crippen LogP contribution < -0.4 is 5.73 Å². The summed E-state index contributed by atoms with van der Waals surface area (Å²) in [5.41, 5.74) is 6.73. The maximum Gasteiger partial charge on any atom is 0.254 e. The molecule has 0 radical (unpaired) electrons. The van der Waals surface area contributed by atoms with Crippen LogP contribution in [-0.2, 0) is 0 Å². The van der Waals surface area contributed by atoms with Gasteiger partial charge in [0.1, 0.15) is 17.5 Å². The Balaban J connectivity index is 2.49. The molecule has 0 atom stereocenters. The van der Waals surface area contributed by atoms with Crippen LogP contribution >= 0.6 is 15.9 Å². The first-order chi connectivity index (χ1) is 7.18. The second kappa shape index (κ2) is 3.86. The molecule has 1 aromatic carbocycles. The Kier molecular flexibility index (Phi) is 2.55. The second-order valence-corrected chi connectivity index (χ2v) is 3.86. The zero-order chi connectivity index (χ0) is 10.8. The molecule has 1 heterocycles. The Hall–Kier alpha value is -1.62. The van der Waals surface area contributed by atoms with E-state index in [1.807, 2.05) is 24.3 Å². The van der Waals surface area contributed by atoms with Crippen LogP contribution in [0.25, 0.3) is 11.3 Å². The lowest BCUT2D eigenvalue weighted by molar-refractivity contribution is 0.1000. The number of nitrogens with zero attached hydrogens (tertiary/aromatic N) is 1. The monoisotopic (exact) mass is 266 g/mol. The molecule has 0 bridgehead atoms. The van der Waals surface area contributed by atoms with Crippen LogP contribution in [0, 0.1) is 0 Å². The molecule has 76 valence electrons. The molecule has 0 unspecified atom stereocenters. The van der Waals surface area contributed by atoms with E-state index in [0.29, 0.717) is 5.69 Å². The molecule has 1 aromatic heterocycles. The molecule has 2 aromatic rings. The minimum absolute atomic E-state index is 0.289. The van der Waals surface area contributed by atoms with Gasteiger partial charge >= 0.3 is 0 Å². The van der Waals surface area contributed by atoms with E-state index in [9.17, 15) is 4.79 Å². The number of rotatable bonds is 2. The molecule has 0 saturated heterocycles. The number of benzene rings is 1. The fraction of sp³-hybridized carbons (Fsp3) is 0. The third kappa shape index (κ3) is 1.92. The molecule has 0 saturated carbocycles. The average molecular weight is 267 g/mol. The first kappa shape index (κ1) is 9.92. The van der Waals surface area contributed by atoms with E-state index < -0.39 is 5.91 Å². The number of nitrogens with two attached hydrogens (primary N) is 1. The van der Waals surface area contributed by atoms with Gasteiger partial charge in [0, 0.05) is 10.0 Å². The Morgan fingerprint density at radius 1 is 1.33 bits per heavy atom. The fourth-order valence-electron chi connectivity index (χ4n) is 1.23. The van der Waals surface area contributed by atoms with E-state index in [-0.39, 0.29) is 5.56 Å². The SMILES string of the molecule is NC(=O)c1conc1-c1ccc(Br)cc1. The van der Waals surface area contributed by atoms with Gasteiger partial charge in [-0.15, -0.1) is 0 Å². The molecule has 0 spiro atoms. The van der Waals surface area contributed by atoms with Crippen LogP contribution in [0.2, 0.25) is 0 Å². The van der Waals surface area contributed by atoms with Crippen molar-refractivity contribution in [3.05, 3.63) is 40.6 Å². The molecule has 2 rings (SSSR count). The largest absolute Gasteiger partial charge is 0.365 e. The summed E-state index contributed by atoms with van der Waals surface area (Å²) in [5.74, 6) is -0.547. The topological polar surface area (TPSA) is 69.1 Å². The van der Waals surface area contributed by atoms with E-state index in [2.05, 4.69) is 21.1 Å². The number of carbonyl (C=O) groups excluding carboxylic acids is 1. The van der Waals surface area contributed by atoms with Crippen molar-refractivity contribution >= 4 is 21.8 Å². The summed E-state index contributed by atoms with van der Waals surface area (Å²) in [6.07, 6.45) is 1.25. The Bertz CT molecular complexity index is 490. The maximum atomic E-state index is 11.0. The van der Waals surface area contributed by atoms with Crippen LogP contribution in [0.4, 0.5) is 0 Å². The Morgan fingerprint density at radius 2 is 2.00 bits per heavy atom. The predicted molar refractivity (Wildman–Crippen MR) is 58.2 cm³/mol. The molecule has 0 aliphatic heterocycles. The predicted octanol–water partition coefficient (Wildman–Crippen LogP) is 2.20. The molecular weight excluding hydrogens is 260 g/mol. The third-order valence-electron chi connectivity index (χ3n) is 1.95. The number of hydrogen-bond acceptors (Lipinski definition) is 3. The molecule has 0 aliphatic carbocycles. The standard InChI is InChI=1S/C10H7BrN2O2/c11-7-3-1-6(2-4-7)9-8(10(12)14)5-15-13-9/h1-5H,(H2,12,14). The van der Waals surface area contributed by atoms with Gasteiger partial charge in [-0.05, 0) is 12.1 Å². The van der Waals surface area contributed by atoms with Crippen molar-refractivity contribution in [2.75, 3.05) is 0 Å². The van der Waals surface area contributed by atoms with Crippen molar-refractivity contribution in [2.45, 2.75) is 0 Å². The van der Waals surface area contributed by atoms with E-state index >= 15 is 0 Å². The number of halogens is 1.